The summed E-state index contributed by atoms with van der Waals surface area (Å²) < 4.78 is 0. The van der Waals surface area contributed by atoms with Crippen molar-refractivity contribution in [3.63, 3.8) is 0 Å². The Balaban J connectivity index is 1.86. The molecule has 1 saturated carbocycles. The predicted molar refractivity (Wildman–Crippen MR) is 55.5 cm³/mol. The van der Waals surface area contributed by atoms with E-state index in [9.17, 15) is 0 Å². The molecule has 0 amide bonds. The summed E-state index contributed by atoms with van der Waals surface area (Å²) in [5, 5.41) is 0. The zero-order valence-corrected chi connectivity index (χ0v) is 8.00. The van der Waals surface area contributed by atoms with E-state index in [0.29, 0.717) is 0 Å². The molecule has 1 aromatic rings. The van der Waals surface area contributed by atoms with Crippen LogP contribution in [0.1, 0.15) is 31.2 Å². The minimum absolute atomic E-state index is 0.176. The summed E-state index contributed by atoms with van der Waals surface area (Å²) in [7, 11) is 0. The lowest BCUT2D eigenvalue weighted by molar-refractivity contribution is 0.232. The van der Waals surface area contributed by atoms with Crippen molar-refractivity contribution in [1.29, 1.82) is 0 Å². The number of hydrogen-bond acceptors (Lipinski definition) is 1. The molecule has 0 saturated heterocycles. The largest absolute Gasteiger partial charge is 0.325 e. The van der Waals surface area contributed by atoms with Crippen LogP contribution in [0, 0.1) is 0 Å². The highest BCUT2D eigenvalue weighted by Crippen LogP contribution is 2.33. The van der Waals surface area contributed by atoms with E-state index < -0.39 is 0 Å². The molecule has 1 aliphatic carbocycles. The summed E-state index contributed by atoms with van der Waals surface area (Å²) in [6.45, 7) is 0. The van der Waals surface area contributed by atoms with Crippen LogP contribution < -0.4 is 5.73 Å². The zero-order valence-electron chi connectivity index (χ0n) is 8.00. The molecule has 0 atom stereocenters. The highest BCUT2D eigenvalue weighted by atomic mass is 14.8. The fourth-order valence-electron chi connectivity index (χ4n) is 1.92. The van der Waals surface area contributed by atoms with Gasteiger partial charge in [-0.1, -0.05) is 30.3 Å². The molecule has 1 aliphatic rings. The number of nitrogens with two attached hydrogens (primary N) is 1. The number of aryl methyl sites for hydroxylation is 1. The second kappa shape index (κ2) is 3.51. The van der Waals surface area contributed by atoms with Gasteiger partial charge in [-0.15, -0.1) is 0 Å². The Morgan fingerprint density at radius 3 is 2.38 bits per heavy atom. The summed E-state index contributed by atoms with van der Waals surface area (Å²) in [4.78, 5) is 0. The average molecular weight is 175 g/mol. The Morgan fingerprint density at radius 2 is 1.85 bits per heavy atom. The van der Waals surface area contributed by atoms with Crippen LogP contribution in [0.5, 0.6) is 0 Å². The number of rotatable bonds is 3. The molecule has 1 nitrogen and oxygen atoms in total. The molecule has 1 fully saturated rings. The first kappa shape index (κ1) is 8.76. The number of benzene rings is 1. The SMILES string of the molecule is NC1(CCc2ccccc2)CCC1. The third kappa shape index (κ3) is 2.10. The quantitative estimate of drug-likeness (QED) is 0.750. The molecule has 0 aliphatic heterocycles. The molecule has 0 heterocycles. The Hall–Kier alpha value is -0.820. The van der Waals surface area contributed by atoms with E-state index in [1.165, 1.54) is 24.8 Å². The number of hydrogen-bond donors (Lipinski definition) is 1. The molecule has 0 unspecified atom stereocenters. The summed E-state index contributed by atoms with van der Waals surface area (Å²) in [5.41, 5.74) is 7.74. The average Bonchev–Trinajstić information content (AvgIpc) is 2.13. The van der Waals surface area contributed by atoms with Crippen LogP contribution in [0.2, 0.25) is 0 Å². The smallest absolute Gasteiger partial charge is 0.0157 e. The first-order valence-electron chi connectivity index (χ1n) is 5.11. The van der Waals surface area contributed by atoms with Crippen molar-refractivity contribution in [2.45, 2.75) is 37.6 Å². The molecule has 0 bridgehead atoms. The van der Waals surface area contributed by atoms with Gasteiger partial charge in [-0.3, -0.25) is 0 Å². The van der Waals surface area contributed by atoms with Crippen LogP contribution in [-0.4, -0.2) is 5.54 Å². The van der Waals surface area contributed by atoms with Crippen molar-refractivity contribution >= 4 is 0 Å². The fraction of sp³-hybridized carbons (Fsp3) is 0.500. The second-order valence-corrected chi connectivity index (χ2v) is 4.20. The van der Waals surface area contributed by atoms with Gasteiger partial charge in [0.15, 0.2) is 0 Å². The van der Waals surface area contributed by atoms with E-state index in [1.807, 2.05) is 0 Å². The van der Waals surface area contributed by atoms with Gasteiger partial charge in [0.05, 0.1) is 0 Å². The van der Waals surface area contributed by atoms with Gasteiger partial charge in [0.1, 0.15) is 0 Å². The van der Waals surface area contributed by atoms with Crippen LogP contribution in [0.3, 0.4) is 0 Å². The van der Waals surface area contributed by atoms with Crippen molar-refractivity contribution in [2.24, 2.45) is 5.73 Å². The van der Waals surface area contributed by atoms with Gasteiger partial charge in [-0.25, -0.2) is 0 Å². The molecule has 1 aromatic carbocycles. The summed E-state index contributed by atoms with van der Waals surface area (Å²) >= 11 is 0. The van der Waals surface area contributed by atoms with Crippen molar-refractivity contribution in [3.05, 3.63) is 35.9 Å². The monoisotopic (exact) mass is 175 g/mol. The third-order valence-corrected chi connectivity index (χ3v) is 3.10. The van der Waals surface area contributed by atoms with Crippen LogP contribution in [0.25, 0.3) is 0 Å². The van der Waals surface area contributed by atoms with E-state index in [4.69, 9.17) is 5.73 Å². The van der Waals surface area contributed by atoms with Crippen LogP contribution in [0.15, 0.2) is 30.3 Å². The molecular formula is C12H17N. The van der Waals surface area contributed by atoms with Crippen molar-refractivity contribution in [1.82, 2.24) is 0 Å². The lowest BCUT2D eigenvalue weighted by Gasteiger charge is -2.38. The minimum Gasteiger partial charge on any atom is -0.325 e. The van der Waals surface area contributed by atoms with E-state index in [2.05, 4.69) is 30.3 Å². The molecule has 0 spiro atoms. The zero-order chi connectivity index (χ0) is 9.15. The first-order valence-corrected chi connectivity index (χ1v) is 5.11. The van der Waals surface area contributed by atoms with E-state index >= 15 is 0 Å². The van der Waals surface area contributed by atoms with Gasteiger partial charge < -0.3 is 5.73 Å². The molecule has 0 radical (unpaired) electrons. The molecule has 13 heavy (non-hydrogen) atoms. The molecule has 2 rings (SSSR count). The van der Waals surface area contributed by atoms with Gasteiger partial charge in [-0.2, -0.15) is 0 Å². The van der Waals surface area contributed by atoms with Crippen molar-refractivity contribution in [3.8, 4) is 0 Å². The van der Waals surface area contributed by atoms with Gasteiger partial charge in [0.25, 0.3) is 0 Å². The standard InChI is InChI=1S/C12H17N/c13-12(8-4-9-12)10-7-11-5-2-1-3-6-11/h1-3,5-6H,4,7-10,13H2. The summed E-state index contributed by atoms with van der Waals surface area (Å²) in [6.07, 6.45) is 6.05. The maximum Gasteiger partial charge on any atom is 0.0157 e. The van der Waals surface area contributed by atoms with Gasteiger partial charge >= 0.3 is 0 Å². The van der Waals surface area contributed by atoms with E-state index in [1.54, 1.807) is 0 Å². The topological polar surface area (TPSA) is 26.0 Å². The van der Waals surface area contributed by atoms with Crippen LogP contribution >= 0.6 is 0 Å². The molecule has 2 N–H and O–H groups in total. The Labute approximate surface area is 80.0 Å². The Kier molecular flexibility index (Phi) is 2.36. The molecular weight excluding hydrogens is 158 g/mol. The molecule has 70 valence electrons. The van der Waals surface area contributed by atoms with Crippen molar-refractivity contribution < 1.29 is 0 Å². The maximum absolute atomic E-state index is 6.15. The molecule has 1 heteroatoms. The predicted octanol–water partition coefficient (Wildman–Crippen LogP) is 2.50. The second-order valence-electron chi connectivity index (χ2n) is 4.20. The van der Waals surface area contributed by atoms with Crippen LogP contribution in [-0.2, 0) is 6.42 Å². The normalized spacial score (nSPS) is 19.5. The summed E-state index contributed by atoms with van der Waals surface area (Å²) in [5.74, 6) is 0. The van der Waals surface area contributed by atoms with Gasteiger partial charge in [0.2, 0.25) is 0 Å². The minimum atomic E-state index is 0.176. The van der Waals surface area contributed by atoms with Crippen molar-refractivity contribution in [2.75, 3.05) is 0 Å². The lowest BCUT2D eigenvalue weighted by Crippen LogP contribution is -2.46. The van der Waals surface area contributed by atoms with E-state index in [-0.39, 0.29) is 5.54 Å². The maximum atomic E-state index is 6.15. The third-order valence-electron chi connectivity index (χ3n) is 3.10. The van der Waals surface area contributed by atoms with E-state index in [0.717, 1.165) is 12.8 Å². The lowest BCUT2D eigenvalue weighted by atomic mass is 9.74. The Bertz CT molecular complexity index is 262. The van der Waals surface area contributed by atoms with Gasteiger partial charge in [-0.05, 0) is 37.7 Å². The van der Waals surface area contributed by atoms with Crippen LogP contribution in [0.4, 0.5) is 0 Å². The fourth-order valence-corrected chi connectivity index (χ4v) is 1.92. The molecule has 0 aromatic heterocycles. The highest BCUT2D eigenvalue weighted by Gasteiger charge is 2.31. The summed E-state index contributed by atoms with van der Waals surface area (Å²) in [6, 6.07) is 10.6. The highest BCUT2D eigenvalue weighted by molar-refractivity contribution is 5.15. The van der Waals surface area contributed by atoms with Gasteiger partial charge in [0, 0.05) is 5.54 Å². The Morgan fingerprint density at radius 1 is 1.15 bits per heavy atom. The first-order chi connectivity index (χ1) is 6.29.